The number of hydrogen-bond acceptors (Lipinski definition) is 5. The van der Waals surface area contributed by atoms with Crippen LogP contribution in [-0.2, 0) is 11.3 Å². The van der Waals surface area contributed by atoms with Crippen LogP contribution in [0.2, 0.25) is 0 Å². The van der Waals surface area contributed by atoms with E-state index in [9.17, 15) is 4.79 Å². The van der Waals surface area contributed by atoms with E-state index in [1.807, 2.05) is 26.8 Å². The van der Waals surface area contributed by atoms with Gasteiger partial charge in [0.1, 0.15) is 5.60 Å². The van der Waals surface area contributed by atoms with Crippen molar-refractivity contribution < 1.29 is 9.53 Å². The number of carbonyl (C=O) groups excluding carboxylic acids is 1. The Kier molecular flexibility index (Phi) is 4.36. The predicted molar refractivity (Wildman–Crippen MR) is 93.6 cm³/mol. The van der Waals surface area contributed by atoms with Crippen molar-refractivity contribution in [1.82, 2.24) is 19.8 Å². The van der Waals surface area contributed by atoms with Crippen LogP contribution >= 0.6 is 0 Å². The van der Waals surface area contributed by atoms with Gasteiger partial charge in [-0.15, -0.1) is 0 Å². The number of ether oxygens (including phenoxy) is 1. The van der Waals surface area contributed by atoms with E-state index in [1.165, 1.54) is 5.56 Å². The highest BCUT2D eigenvalue weighted by atomic mass is 16.6. The summed E-state index contributed by atoms with van der Waals surface area (Å²) in [5, 5.41) is 0. The molecule has 7 nitrogen and oxygen atoms in total. The lowest BCUT2D eigenvalue weighted by Crippen LogP contribution is -2.49. The zero-order valence-electron chi connectivity index (χ0n) is 14.5. The summed E-state index contributed by atoms with van der Waals surface area (Å²) in [6, 6.07) is 6.14. The minimum Gasteiger partial charge on any atom is -0.444 e. The lowest BCUT2D eigenvalue weighted by Gasteiger charge is -2.35. The van der Waals surface area contributed by atoms with E-state index < -0.39 is 5.60 Å². The fraction of sp³-hybridized carbons (Fsp3) is 0.529. The van der Waals surface area contributed by atoms with E-state index in [2.05, 4.69) is 27.0 Å². The Hall–Kier alpha value is -2.28. The molecule has 0 radical (unpaired) electrons. The Labute approximate surface area is 141 Å². The molecule has 1 aliphatic heterocycles. The van der Waals surface area contributed by atoms with Crippen molar-refractivity contribution >= 4 is 23.1 Å². The number of amides is 1. The lowest BCUT2D eigenvalue weighted by molar-refractivity contribution is 0.0139. The number of aromatic nitrogens is 2. The normalized spacial score (nSPS) is 16.5. The van der Waals surface area contributed by atoms with Gasteiger partial charge in [0, 0.05) is 32.7 Å². The second-order valence-corrected chi connectivity index (χ2v) is 7.22. The van der Waals surface area contributed by atoms with Crippen molar-refractivity contribution in [3.8, 4) is 0 Å². The number of anilines is 1. The molecule has 1 aromatic heterocycles. The number of imidazole rings is 1. The molecule has 0 saturated carbocycles. The Balaban J connectivity index is 1.55. The molecule has 1 fully saturated rings. The molecule has 130 valence electrons. The fourth-order valence-corrected chi connectivity index (χ4v) is 2.85. The summed E-state index contributed by atoms with van der Waals surface area (Å²) >= 11 is 0. The summed E-state index contributed by atoms with van der Waals surface area (Å²) in [5.41, 5.74) is 8.28. The van der Waals surface area contributed by atoms with Crippen molar-refractivity contribution in [2.24, 2.45) is 0 Å². The fourth-order valence-electron chi connectivity index (χ4n) is 2.85. The highest BCUT2D eigenvalue weighted by Crippen LogP contribution is 2.17. The number of hydrogen-bond donors (Lipinski definition) is 2. The number of nitrogens with two attached hydrogens (primary N) is 1. The third kappa shape index (κ3) is 3.97. The molecule has 1 amide bonds. The molecule has 2 aromatic rings. The molecular weight excluding hydrogens is 306 g/mol. The van der Waals surface area contributed by atoms with E-state index in [-0.39, 0.29) is 6.09 Å². The molecule has 1 saturated heterocycles. The van der Waals surface area contributed by atoms with Crippen molar-refractivity contribution in [1.29, 1.82) is 0 Å². The van der Waals surface area contributed by atoms with Crippen LogP contribution in [0.15, 0.2) is 18.2 Å². The summed E-state index contributed by atoms with van der Waals surface area (Å²) in [4.78, 5) is 23.5. The molecule has 7 heteroatoms. The van der Waals surface area contributed by atoms with Gasteiger partial charge in [-0.05, 0) is 38.5 Å². The standard InChI is InChI=1S/C17H25N5O2/c1-17(2,3)24-16(23)22-8-6-21(7-9-22)11-12-4-5-13-14(10-12)20-15(18)19-13/h4-5,10H,6-9,11H2,1-3H3,(H3,18,19,20). The van der Waals surface area contributed by atoms with Gasteiger partial charge in [-0.25, -0.2) is 9.78 Å². The molecule has 0 bridgehead atoms. The second-order valence-electron chi connectivity index (χ2n) is 7.22. The zero-order valence-corrected chi connectivity index (χ0v) is 14.5. The summed E-state index contributed by atoms with van der Waals surface area (Å²) < 4.78 is 5.43. The maximum absolute atomic E-state index is 12.1. The van der Waals surface area contributed by atoms with Crippen LogP contribution in [0.25, 0.3) is 11.0 Å². The SMILES string of the molecule is CC(C)(C)OC(=O)N1CCN(Cc2ccc3nc(N)[nH]c3c2)CC1. The van der Waals surface area contributed by atoms with E-state index in [1.54, 1.807) is 4.90 Å². The molecule has 0 atom stereocenters. The predicted octanol–water partition coefficient (Wildman–Crippen LogP) is 2.20. The third-order valence-electron chi connectivity index (χ3n) is 3.99. The smallest absolute Gasteiger partial charge is 0.410 e. The second kappa shape index (κ2) is 6.32. The van der Waals surface area contributed by atoms with Crippen molar-refractivity contribution in [3.05, 3.63) is 23.8 Å². The number of fused-ring (bicyclic) bond motifs is 1. The third-order valence-corrected chi connectivity index (χ3v) is 3.99. The van der Waals surface area contributed by atoms with Crippen LogP contribution in [0.4, 0.5) is 10.7 Å². The lowest BCUT2D eigenvalue weighted by atomic mass is 10.1. The molecule has 24 heavy (non-hydrogen) atoms. The van der Waals surface area contributed by atoms with Gasteiger partial charge in [0.05, 0.1) is 11.0 Å². The highest BCUT2D eigenvalue weighted by Gasteiger charge is 2.25. The summed E-state index contributed by atoms with van der Waals surface area (Å²) in [6.07, 6.45) is -0.225. The molecule has 3 N–H and O–H groups in total. The van der Waals surface area contributed by atoms with E-state index in [0.717, 1.165) is 30.7 Å². The minimum atomic E-state index is -0.449. The maximum atomic E-state index is 12.1. The molecule has 0 aliphatic carbocycles. The number of rotatable bonds is 2. The number of nitrogens with zero attached hydrogens (tertiary/aromatic N) is 3. The average molecular weight is 331 g/mol. The van der Waals surface area contributed by atoms with Gasteiger partial charge in [0.25, 0.3) is 0 Å². The van der Waals surface area contributed by atoms with Crippen LogP contribution in [0.1, 0.15) is 26.3 Å². The number of piperazine rings is 1. The van der Waals surface area contributed by atoms with E-state index in [4.69, 9.17) is 10.5 Å². The first-order valence-corrected chi connectivity index (χ1v) is 8.24. The molecule has 0 spiro atoms. The molecule has 3 rings (SSSR count). The van der Waals surface area contributed by atoms with Gasteiger partial charge in [-0.3, -0.25) is 4.90 Å². The van der Waals surface area contributed by atoms with Gasteiger partial charge in [-0.1, -0.05) is 6.07 Å². The first kappa shape index (κ1) is 16.6. The van der Waals surface area contributed by atoms with E-state index in [0.29, 0.717) is 19.0 Å². The number of H-pyrrole nitrogens is 1. The monoisotopic (exact) mass is 331 g/mol. The van der Waals surface area contributed by atoms with Crippen LogP contribution < -0.4 is 5.73 Å². The van der Waals surface area contributed by atoms with Crippen molar-refractivity contribution in [3.63, 3.8) is 0 Å². The van der Waals surface area contributed by atoms with Crippen molar-refractivity contribution in [2.75, 3.05) is 31.9 Å². The largest absolute Gasteiger partial charge is 0.444 e. The minimum absolute atomic E-state index is 0.225. The number of aromatic amines is 1. The summed E-state index contributed by atoms with van der Waals surface area (Å²) in [6.45, 7) is 9.56. The van der Waals surface area contributed by atoms with E-state index >= 15 is 0 Å². The summed E-state index contributed by atoms with van der Waals surface area (Å²) in [5.74, 6) is 0.438. The maximum Gasteiger partial charge on any atom is 0.410 e. The Morgan fingerprint density at radius 3 is 2.67 bits per heavy atom. The molecular formula is C17H25N5O2. The number of nitrogen functional groups attached to an aromatic ring is 1. The topological polar surface area (TPSA) is 87.5 Å². The number of nitrogens with one attached hydrogen (secondary N) is 1. The average Bonchev–Trinajstić information content (AvgIpc) is 2.85. The Bertz CT molecular complexity index is 726. The molecule has 0 unspecified atom stereocenters. The van der Waals surface area contributed by atoms with Crippen LogP contribution in [0, 0.1) is 0 Å². The molecule has 1 aliphatic rings. The Morgan fingerprint density at radius 2 is 2.00 bits per heavy atom. The van der Waals surface area contributed by atoms with Crippen molar-refractivity contribution in [2.45, 2.75) is 32.9 Å². The van der Waals surface area contributed by atoms with Gasteiger partial charge in [-0.2, -0.15) is 0 Å². The first-order valence-electron chi connectivity index (χ1n) is 8.24. The Morgan fingerprint density at radius 1 is 1.29 bits per heavy atom. The molecule has 2 heterocycles. The first-order chi connectivity index (χ1) is 11.3. The van der Waals surface area contributed by atoms with Crippen LogP contribution in [-0.4, -0.2) is 57.6 Å². The van der Waals surface area contributed by atoms with Gasteiger partial charge in [0.15, 0.2) is 5.95 Å². The van der Waals surface area contributed by atoms with Gasteiger partial charge < -0.3 is 20.4 Å². The van der Waals surface area contributed by atoms with Crippen LogP contribution in [0.5, 0.6) is 0 Å². The highest BCUT2D eigenvalue weighted by molar-refractivity contribution is 5.77. The zero-order chi connectivity index (χ0) is 17.3. The molecule has 1 aromatic carbocycles. The van der Waals surface area contributed by atoms with Gasteiger partial charge >= 0.3 is 6.09 Å². The van der Waals surface area contributed by atoms with Gasteiger partial charge in [0.2, 0.25) is 0 Å². The quantitative estimate of drug-likeness (QED) is 0.881. The summed E-state index contributed by atoms with van der Waals surface area (Å²) in [7, 11) is 0. The number of carbonyl (C=O) groups is 1. The van der Waals surface area contributed by atoms with Crippen LogP contribution in [0.3, 0.4) is 0 Å². The number of benzene rings is 1.